The maximum atomic E-state index is 10.9. The van der Waals surface area contributed by atoms with Crippen molar-refractivity contribution >= 4 is 5.97 Å². The summed E-state index contributed by atoms with van der Waals surface area (Å²) in [7, 11) is 0. The largest absolute Gasteiger partial charge is 0.480 e. The summed E-state index contributed by atoms with van der Waals surface area (Å²) in [6, 6.07) is 19.2. The number of rotatable bonds is 4. The van der Waals surface area contributed by atoms with Crippen LogP contribution in [-0.2, 0) is 11.3 Å². The second-order valence-electron chi connectivity index (χ2n) is 4.55. The lowest BCUT2D eigenvalue weighted by Gasteiger charge is -2.00. The van der Waals surface area contributed by atoms with Crippen LogP contribution < -0.4 is 0 Å². The Labute approximate surface area is 121 Å². The number of carboxylic acid groups (broad SMARTS) is 1. The van der Waals surface area contributed by atoms with Crippen molar-refractivity contribution in [3.05, 3.63) is 60.7 Å². The van der Waals surface area contributed by atoms with Crippen LogP contribution in [0.1, 0.15) is 0 Å². The molecule has 3 rings (SSSR count). The highest BCUT2D eigenvalue weighted by Crippen LogP contribution is 2.28. The highest BCUT2D eigenvalue weighted by molar-refractivity contribution is 5.77. The molecule has 0 aliphatic carbocycles. The zero-order valence-corrected chi connectivity index (χ0v) is 11.2. The molecule has 0 amide bonds. The van der Waals surface area contributed by atoms with E-state index in [1.807, 2.05) is 60.7 Å². The Morgan fingerprint density at radius 1 is 0.857 bits per heavy atom. The van der Waals surface area contributed by atoms with Gasteiger partial charge in [0.25, 0.3) is 0 Å². The van der Waals surface area contributed by atoms with Gasteiger partial charge in [-0.05, 0) is 0 Å². The predicted octanol–water partition coefficient (Wildman–Crippen LogP) is 2.70. The third-order valence-corrected chi connectivity index (χ3v) is 3.03. The van der Waals surface area contributed by atoms with Crippen LogP contribution in [0.5, 0.6) is 0 Å². The molecule has 21 heavy (non-hydrogen) atoms. The molecule has 3 aromatic rings. The van der Waals surface area contributed by atoms with E-state index in [4.69, 9.17) is 5.11 Å². The van der Waals surface area contributed by atoms with E-state index in [1.165, 1.54) is 4.80 Å². The van der Waals surface area contributed by atoms with Gasteiger partial charge in [-0.1, -0.05) is 60.7 Å². The van der Waals surface area contributed by atoms with Gasteiger partial charge < -0.3 is 5.11 Å². The number of carbonyl (C=O) groups is 1. The summed E-state index contributed by atoms with van der Waals surface area (Å²) in [6.45, 7) is -0.257. The Balaban J connectivity index is 2.13. The van der Waals surface area contributed by atoms with E-state index in [-0.39, 0.29) is 6.54 Å². The van der Waals surface area contributed by atoms with Crippen molar-refractivity contribution in [3.63, 3.8) is 0 Å². The number of aliphatic carboxylic acids is 1. The molecule has 0 atom stereocenters. The van der Waals surface area contributed by atoms with Crippen LogP contribution in [0.15, 0.2) is 60.7 Å². The van der Waals surface area contributed by atoms with Gasteiger partial charge in [-0.2, -0.15) is 15.0 Å². The monoisotopic (exact) mass is 279 g/mol. The van der Waals surface area contributed by atoms with E-state index < -0.39 is 5.97 Å². The van der Waals surface area contributed by atoms with Crippen LogP contribution in [0, 0.1) is 0 Å². The van der Waals surface area contributed by atoms with Crippen LogP contribution in [0.3, 0.4) is 0 Å². The van der Waals surface area contributed by atoms with Gasteiger partial charge in [0.2, 0.25) is 0 Å². The number of hydrogen-bond donors (Lipinski definition) is 1. The van der Waals surface area contributed by atoms with Gasteiger partial charge in [0.05, 0.1) is 0 Å². The van der Waals surface area contributed by atoms with Crippen molar-refractivity contribution in [1.29, 1.82) is 0 Å². The second kappa shape index (κ2) is 5.58. The second-order valence-corrected chi connectivity index (χ2v) is 4.55. The van der Waals surface area contributed by atoms with E-state index in [9.17, 15) is 4.79 Å². The van der Waals surface area contributed by atoms with Gasteiger partial charge in [0.15, 0.2) is 6.54 Å². The topological polar surface area (TPSA) is 68.0 Å². The zero-order chi connectivity index (χ0) is 14.7. The fourth-order valence-electron chi connectivity index (χ4n) is 2.12. The van der Waals surface area contributed by atoms with E-state index in [1.54, 1.807) is 0 Å². The minimum atomic E-state index is -0.968. The number of nitrogens with zero attached hydrogens (tertiary/aromatic N) is 3. The minimum absolute atomic E-state index is 0.257. The maximum Gasteiger partial charge on any atom is 0.327 e. The van der Waals surface area contributed by atoms with Crippen LogP contribution in [0.2, 0.25) is 0 Å². The molecular formula is C16H13N3O2. The lowest BCUT2D eigenvalue weighted by Crippen LogP contribution is -2.11. The van der Waals surface area contributed by atoms with Gasteiger partial charge in [-0.25, -0.2) is 0 Å². The van der Waals surface area contributed by atoms with E-state index in [0.717, 1.165) is 11.1 Å². The normalized spacial score (nSPS) is 10.5. The Morgan fingerprint density at radius 2 is 1.29 bits per heavy atom. The molecule has 0 aliphatic heterocycles. The smallest absolute Gasteiger partial charge is 0.327 e. The number of benzene rings is 2. The van der Waals surface area contributed by atoms with Crippen molar-refractivity contribution in [1.82, 2.24) is 15.0 Å². The minimum Gasteiger partial charge on any atom is -0.480 e. The standard InChI is InChI=1S/C16H13N3O2/c20-14(21)11-19-17-15(12-7-3-1-4-8-12)16(18-19)13-9-5-2-6-10-13/h1-10H,11H2,(H,20,21). The lowest BCUT2D eigenvalue weighted by atomic mass is 10.1. The highest BCUT2D eigenvalue weighted by atomic mass is 16.4. The Kier molecular flexibility index (Phi) is 3.47. The Bertz CT molecular complexity index is 695. The van der Waals surface area contributed by atoms with Gasteiger partial charge in [0, 0.05) is 11.1 Å². The van der Waals surface area contributed by atoms with Gasteiger partial charge >= 0.3 is 5.97 Å². The summed E-state index contributed by atoms with van der Waals surface area (Å²) in [4.78, 5) is 12.1. The predicted molar refractivity (Wildman–Crippen MR) is 78.5 cm³/mol. The zero-order valence-electron chi connectivity index (χ0n) is 11.2. The molecule has 0 fully saturated rings. The molecule has 0 saturated heterocycles. The summed E-state index contributed by atoms with van der Waals surface area (Å²) in [6.07, 6.45) is 0. The van der Waals surface area contributed by atoms with E-state index >= 15 is 0 Å². The molecule has 0 bridgehead atoms. The van der Waals surface area contributed by atoms with Gasteiger partial charge in [-0.3, -0.25) is 4.79 Å². The van der Waals surface area contributed by atoms with Crippen molar-refractivity contribution < 1.29 is 9.90 Å². The molecule has 1 aromatic heterocycles. The maximum absolute atomic E-state index is 10.9. The van der Waals surface area contributed by atoms with Gasteiger partial charge in [-0.15, -0.1) is 0 Å². The van der Waals surface area contributed by atoms with Crippen LogP contribution in [0.4, 0.5) is 0 Å². The van der Waals surface area contributed by atoms with Crippen molar-refractivity contribution in [3.8, 4) is 22.5 Å². The van der Waals surface area contributed by atoms with Gasteiger partial charge in [0.1, 0.15) is 11.4 Å². The number of carboxylic acids is 1. The molecule has 5 heteroatoms. The molecule has 1 heterocycles. The lowest BCUT2D eigenvalue weighted by molar-refractivity contribution is -0.138. The molecule has 0 aliphatic rings. The number of hydrogen-bond acceptors (Lipinski definition) is 3. The molecule has 0 unspecified atom stereocenters. The first-order valence-corrected chi connectivity index (χ1v) is 6.52. The molecule has 0 spiro atoms. The summed E-state index contributed by atoms with van der Waals surface area (Å²) < 4.78 is 0. The van der Waals surface area contributed by atoms with E-state index in [2.05, 4.69) is 10.2 Å². The molecule has 0 saturated carbocycles. The Morgan fingerprint density at radius 3 is 1.67 bits per heavy atom. The molecule has 0 radical (unpaired) electrons. The van der Waals surface area contributed by atoms with Crippen molar-refractivity contribution in [2.24, 2.45) is 0 Å². The van der Waals surface area contributed by atoms with Crippen molar-refractivity contribution in [2.75, 3.05) is 0 Å². The summed E-state index contributed by atoms with van der Waals surface area (Å²) in [5, 5.41) is 17.6. The molecule has 1 N–H and O–H groups in total. The number of aromatic nitrogens is 3. The quantitative estimate of drug-likeness (QED) is 0.797. The molecule has 5 nitrogen and oxygen atoms in total. The summed E-state index contributed by atoms with van der Waals surface area (Å²) in [5.41, 5.74) is 3.19. The van der Waals surface area contributed by atoms with E-state index in [0.29, 0.717) is 11.4 Å². The SMILES string of the molecule is O=C(O)Cn1nc(-c2ccccc2)c(-c2ccccc2)n1. The first-order chi connectivity index (χ1) is 10.2. The average Bonchev–Trinajstić information content (AvgIpc) is 2.92. The average molecular weight is 279 g/mol. The summed E-state index contributed by atoms with van der Waals surface area (Å²) in [5.74, 6) is -0.968. The first-order valence-electron chi connectivity index (χ1n) is 6.52. The van der Waals surface area contributed by atoms with Crippen LogP contribution in [0.25, 0.3) is 22.5 Å². The summed E-state index contributed by atoms with van der Waals surface area (Å²) >= 11 is 0. The fourth-order valence-corrected chi connectivity index (χ4v) is 2.12. The van der Waals surface area contributed by atoms with Crippen molar-refractivity contribution in [2.45, 2.75) is 6.54 Å². The first kappa shape index (κ1) is 13.1. The third kappa shape index (κ3) is 2.81. The Hall–Kier alpha value is -2.95. The molecular weight excluding hydrogens is 266 g/mol. The highest BCUT2D eigenvalue weighted by Gasteiger charge is 2.15. The molecule has 104 valence electrons. The third-order valence-electron chi connectivity index (χ3n) is 3.03. The fraction of sp³-hybridized carbons (Fsp3) is 0.0625. The molecule has 2 aromatic carbocycles. The van der Waals surface area contributed by atoms with Crippen LogP contribution >= 0.6 is 0 Å². The van der Waals surface area contributed by atoms with Crippen LogP contribution in [-0.4, -0.2) is 26.1 Å².